The van der Waals surface area contributed by atoms with Crippen molar-refractivity contribution in [3.05, 3.63) is 34.6 Å². The molecule has 3 nitrogen and oxygen atoms in total. The fourth-order valence-corrected chi connectivity index (χ4v) is 1.10. The predicted molar refractivity (Wildman–Crippen MR) is 53.0 cm³/mol. The second-order valence-corrected chi connectivity index (χ2v) is 3.05. The fourth-order valence-electron chi connectivity index (χ4n) is 0.738. The summed E-state index contributed by atoms with van der Waals surface area (Å²) in [4.78, 5) is 14.8. The number of aromatic nitrogens is 1. The first-order valence-electron chi connectivity index (χ1n) is 3.61. The van der Waals surface area contributed by atoms with Gasteiger partial charge in [0.1, 0.15) is 4.60 Å². The average Bonchev–Trinajstić information content (AvgIpc) is 2.14. The van der Waals surface area contributed by atoms with Crippen LogP contribution >= 0.6 is 15.9 Å². The molecule has 68 valence electrons. The van der Waals surface area contributed by atoms with E-state index in [4.69, 9.17) is 0 Å². The highest BCUT2D eigenvalue weighted by atomic mass is 79.9. The van der Waals surface area contributed by atoms with Gasteiger partial charge < -0.3 is 4.74 Å². The van der Waals surface area contributed by atoms with E-state index >= 15 is 0 Å². The number of esters is 1. The topological polar surface area (TPSA) is 39.2 Å². The summed E-state index contributed by atoms with van der Waals surface area (Å²) in [5, 5.41) is 0. The molecule has 0 saturated carbocycles. The van der Waals surface area contributed by atoms with Crippen LogP contribution in [0.1, 0.15) is 5.69 Å². The summed E-state index contributed by atoms with van der Waals surface area (Å²) in [5.74, 6) is -0.387. The highest BCUT2D eigenvalue weighted by Gasteiger charge is 1.93. The molecule has 0 aliphatic carbocycles. The van der Waals surface area contributed by atoms with E-state index in [1.807, 2.05) is 12.1 Å². The summed E-state index contributed by atoms with van der Waals surface area (Å²) in [6.07, 6.45) is 2.92. The molecular weight excluding hydrogens is 234 g/mol. The minimum Gasteiger partial charge on any atom is -0.466 e. The van der Waals surface area contributed by atoms with E-state index in [2.05, 4.69) is 25.7 Å². The molecule has 0 N–H and O–H groups in total. The molecule has 0 amide bonds. The Hall–Kier alpha value is -1.16. The number of ether oxygens (including phenoxy) is 1. The molecule has 1 rings (SSSR count). The number of nitrogens with zero attached hydrogens (tertiary/aromatic N) is 1. The van der Waals surface area contributed by atoms with Crippen LogP contribution in [0, 0.1) is 0 Å². The van der Waals surface area contributed by atoms with Crippen LogP contribution in [0.5, 0.6) is 0 Å². The van der Waals surface area contributed by atoms with Crippen LogP contribution in [0.3, 0.4) is 0 Å². The zero-order chi connectivity index (χ0) is 9.68. The van der Waals surface area contributed by atoms with Crippen molar-refractivity contribution >= 4 is 28.0 Å². The van der Waals surface area contributed by atoms with Crippen molar-refractivity contribution in [2.45, 2.75) is 0 Å². The molecule has 1 heterocycles. The lowest BCUT2D eigenvalue weighted by Crippen LogP contribution is -1.93. The van der Waals surface area contributed by atoms with E-state index in [-0.39, 0.29) is 5.97 Å². The summed E-state index contributed by atoms with van der Waals surface area (Å²) in [6.45, 7) is 0. The third kappa shape index (κ3) is 3.38. The molecule has 0 aliphatic rings. The van der Waals surface area contributed by atoms with E-state index in [1.165, 1.54) is 13.2 Å². The second-order valence-electron chi connectivity index (χ2n) is 2.24. The van der Waals surface area contributed by atoms with Crippen LogP contribution < -0.4 is 0 Å². The molecule has 0 spiro atoms. The van der Waals surface area contributed by atoms with Gasteiger partial charge in [0, 0.05) is 6.08 Å². The third-order valence-corrected chi connectivity index (χ3v) is 1.77. The first-order valence-corrected chi connectivity index (χ1v) is 4.40. The van der Waals surface area contributed by atoms with Gasteiger partial charge in [0.2, 0.25) is 0 Å². The molecule has 0 bridgehead atoms. The van der Waals surface area contributed by atoms with Gasteiger partial charge in [0.15, 0.2) is 0 Å². The van der Waals surface area contributed by atoms with Gasteiger partial charge in [-0.15, -0.1) is 0 Å². The summed E-state index contributed by atoms with van der Waals surface area (Å²) >= 11 is 3.23. The predicted octanol–water partition coefficient (Wildman–Crippen LogP) is 2.03. The Bertz CT molecular complexity index is 336. The van der Waals surface area contributed by atoms with Crippen molar-refractivity contribution in [1.29, 1.82) is 0 Å². The molecule has 0 unspecified atom stereocenters. The highest BCUT2D eigenvalue weighted by Crippen LogP contribution is 2.07. The number of carbonyl (C=O) groups excluding carboxylic acids is 1. The third-order valence-electron chi connectivity index (χ3n) is 1.33. The summed E-state index contributed by atoms with van der Waals surface area (Å²) in [7, 11) is 1.33. The van der Waals surface area contributed by atoms with E-state index in [9.17, 15) is 4.79 Å². The molecule has 13 heavy (non-hydrogen) atoms. The largest absolute Gasteiger partial charge is 0.466 e. The molecule has 1 aromatic rings. The van der Waals surface area contributed by atoms with Gasteiger partial charge in [0.25, 0.3) is 0 Å². The Kier molecular flexibility index (Phi) is 3.64. The number of carbonyl (C=O) groups is 1. The van der Waals surface area contributed by atoms with Gasteiger partial charge in [-0.1, -0.05) is 6.07 Å². The molecule has 0 radical (unpaired) electrons. The van der Waals surface area contributed by atoms with Crippen LogP contribution in [0.4, 0.5) is 0 Å². The van der Waals surface area contributed by atoms with Crippen molar-refractivity contribution in [1.82, 2.24) is 4.98 Å². The number of methoxy groups -OCH3 is 1. The van der Waals surface area contributed by atoms with Crippen LogP contribution in [-0.4, -0.2) is 18.1 Å². The first-order chi connectivity index (χ1) is 6.22. The molecular formula is C9H8BrNO2. The normalized spacial score (nSPS) is 10.3. The first kappa shape index (κ1) is 9.92. The zero-order valence-electron chi connectivity index (χ0n) is 7.03. The Morgan fingerprint density at radius 2 is 2.38 bits per heavy atom. The summed E-state index contributed by atoms with van der Waals surface area (Å²) < 4.78 is 5.17. The van der Waals surface area contributed by atoms with Crippen molar-refractivity contribution < 1.29 is 9.53 Å². The second kappa shape index (κ2) is 4.77. The quantitative estimate of drug-likeness (QED) is 0.452. The average molecular weight is 242 g/mol. The maximum Gasteiger partial charge on any atom is 0.330 e. The molecule has 0 atom stereocenters. The van der Waals surface area contributed by atoms with Gasteiger partial charge in [-0.25, -0.2) is 9.78 Å². The van der Waals surface area contributed by atoms with Gasteiger partial charge in [0.05, 0.1) is 12.8 Å². The van der Waals surface area contributed by atoms with Crippen LogP contribution in [0.15, 0.2) is 28.9 Å². The number of hydrogen-bond donors (Lipinski definition) is 0. The Morgan fingerprint density at radius 3 is 3.00 bits per heavy atom. The van der Waals surface area contributed by atoms with Gasteiger partial charge in [-0.05, 0) is 34.1 Å². The number of hydrogen-bond acceptors (Lipinski definition) is 3. The molecule has 1 aromatic heterocycles. The Balaban J connectivity index is 2.74. The zero-order valence-corrected chi connectivity index (χ0v) is 8.61. The fraction of sp³-hybridized carbons (Fsp3) is 0.111. The molecule has 0 saturated heterocycles. The highest BCUT2D eigenvalue weighted by molar-refractivity contribution is 9.10. The lowest BCUT2D eigenvalue weighted by Gasteiger charge is -1.93. The maximum absolute atomic E-state index is 10.7. The summed E-state index contributed by atoms with van der Waals surface area (Å²) in [6, 6.07) is 5.45. The van der Waals surface area contributed by atoms with Crippen molar-refractivity contribution in [3.8, 4) is 0 Å². The standard InChI is InChI=1S/C9H8BrNO2/c1-13-9(12)6-5-7-3-2-4-8(10)11-7/h2-6H,1H3. The number of halogens is 1. The van der Waals surface area contributed by atoms with Gasteiger partial charge in [-0.2, -0.15) is 0 Å². The SMILES string of the molecule is COC(=O)C=Cc1cccc(Br)n1. The van der Waals surface area contributed by atoms with Gasteiger partial charge >= 0.3 is 5.97 Å². The lowest BCUT2D eigenvalue weighted by molar-refractivity contribution is -0.134. The van der Waals surface area contributed by atoms with Gasteiger partial charge in [-0.3, -0.25) is 0 Å². The van der Waals surface area contributed by atoms with E-state index in [0.717, 1.165) is 4.60 Å². The monoisotopic (exact) mass is 241 g/mol. The van der Waals surface area contributed by atoms with Crippen LogP contribution in [0.25, 0.3) is 6.08 Å². The van der Waals surface area contributed by atoms with Crippen molar-refractivity contribution in [3.63, 3.8) is 0 Å². The van der Waals surface area contributed by atoms with E-state index < -0.39 is 0 Å². The molecule has 0 fully saturated rings. The number of rotatable bonds is 2. The minimum absolute atomic E-state index is 0.387. The Labute approximate surface area is 84.6 Å². The lowest BCUT2D eigenvalue weighted by atomic mass is 10.3. The number of pyridine rings is 1. The van der Waals surface area contributed by atoms with Crippen LogP contribution in [-0.2, 0) is 9.53 Å². The van der Waals surface area contributed by atoms with E-state index in [1.54, 1.807) is 12.1 Å². The van der Waals surface area contributed by atoms with Crippen LogP contribution in [0.2, 0.25) is 0 Å². The molecule has 0 aromatic carbocycles. The summed E-state index contributed by atoms with van der Waals surface area (Å²) in [5.41, 5.74) is 0.708. The molecule has 0 aliphatic heterocycles. The van der Waals surface area contributed by atoms with Crippen molar-refractivity contribution in [2.75, 3.05) is 7.11 Å². The van der Waals surface area contributed by atoms with Crippen molar-refractivity contribution in [2.24, 2.45) is 0 Å². The molecule has 4 heteroatoms. The minimum atomic E-state index is -0.387. The smallest absolute Gasteiger partial charge is 0.330 e. The Morgan fingerprint density at radius 1 is 1.62 bits per heavy atom. The maximum atomic E-state index is 10.7. The van der Waals surface area contributed by atoms with E-state index in [0.29, 0.717) is 5.69 Å².